The van der Waals surface area contributed by atoms with E-state index in [1.807, 2.05) is 6.07 Å². The number of hydrogen-bond donors (Lipinski definition) is 1. The van der Waals surface area contributed by atoms with Gasteiger partial charge in [-0.1, -0.05) is 18.1 Å². The van der Waals surface area contributed by atoms with Crippen LogP contribution in [0.1, 0.15) is 54.1 Å². The fraction of sp³-hybridized carbons (Fsp3) is 0.400. The molecule has 1 aliphatic carbocycles. The average Bonchev–Trinajstić information content (AvgIpc) is 3.32. The van der Waals surface area contributed by atoms with Crippen LogP contribution in [0.25, 0.3) is 11.5 Å². The molecule has 178 valence electrons. The van der Waals surface area contributed by atoms with Gasteiger partial charge in [0.15, 0.2) is 0 Å². The van der Waals surface area contributed by atoms with Crippen molar-refractivity contribution in [2.75, 3.05) is 18.4 Å². The Morgan fingerprint density at radius 1 is 1.03 bits per heavy atom. The summed E-state index contributed by atoms with van der Waals surface area (Å²) in [5, 5.41) is 10.6. The average molecular weight is 481 g/mol. The highest BCUT2D eigenvalue weighted by molar-refractivity contribution is 7.89. The topological polar surface area (TPSA) is 105 Å². The smallest absolute Gasteiger partial charge is 0.322 e. The van der Waals surface area contributed by atoms with Gasteiger partial charge in [-0.3, -0.25) is 10.1 Å². The number of piperidine rings is 1. The maximum atomic E-state index is 12.9. The maximum absolute atomic E-state index is 12.9. The molecule has 1 saturated heterocycles. The third-order valence-electron chi connectivity index (χ3n) is 6.61. The highest BCUT2D eigenvalue weighted by atomic mass is 32.2. The normalized spacial score (nSPS) is 18.9. The molecule has 0 saturated carbocycles. The number of fused-ring (bicyclic) bond motifs is 1. The Labute approximate surface area is 199 Å². The van der Waals surface area contributed by atoms with Crippen LogP contribution in [0.4, 0.5) is 6.01 Å². The Morgan fingerprint density at radius 3 is 2.56 bits per heavy atom. The quantitative estimate of drug-likeness (QED) is 0.584. The van der Waals surface area contributed by atoms with Gasteiger partial charge < -0.3 is 4.42 Å². The number of nitrogens with zero attached hydrogens (tertiary/aromatic N) is 3. The molecule has 34 heavy (non-hydrogen) atoms. The summed E-state index contributed by atoms with van der Waals surface area (Å²) < 4.78 is 33.0. The Morgan fingerprint density at radius 2 is 1.79 bits per heavy atom. The molecule has 2 heterocycles. The second-order valence-electron chi connectivity index (χ2n) is 9.19. The molecule has 5 rings (SSSR count). The van der Waals surface area contributed by atoms with Crippen LogP contribution < -0.4 is 5.32 Å². The molecule has 3 aromatic rings. The first-order valence-electron chi connectivity index (χ1n) is 11.8. The summed E-state index contributed by atoms with van der Waals surface area (Å²) >= 11 is 0. The van der Waals surface area contributed by atoms with E-state index in [1.165, 1.54) is 52.5 Å². The zero-order chi connectivity index (χ0) is 23.7. The van der Waals surface area contributed by atoms with E-state index in [0.29, 0.717) is 30.5 Å². The predicted octanol–water partition coefficient (Wildman–Crippen LogP) is 4.29. The summed E-state index contributed by atoms with van der Waals surface area (Å²) in [6.45, 7) is 3.11. The van der Waals surface area contributed by atoms with Gasteiger partial charge in [0.2, 0.25) is 15.9 Å². The first-order valence-corrected chi connectivity index (χ1v) is 13.2. The minimum Gasteiger partial charge on any atom is -0.403 e. The molecule has 1 atom stereocenters. The van der Waals surface area contributed by atoms with E-state index in [-0.39, 0.29) is 10.9 Å². The van der Waals surface area contributed by atoms with Crippen molar-refractivity contribution in [2.24, 2.45) is 5.92 Å². The van der Waals surface area contributed by atoms with Crippen molar-refractivity contribution >= 4 is 21.9 Å². The largest absolute Gasteiger partial charge is 0.403 e. The number of benzene rings is 2. The third kappa shape index (κ3) is 4.63. The molecule has 1 fully saturated rings. The lowest BCUT2D eigenvalue weighted by Gasteiger charge is -2.30. The van der Waals surface area contributed by atoms with E-state index >= 15 is 0 Å². The zero-order valence-electron chi connectivity index (χ0n) is 19.2. The van der Waals surface area contributed by atoms with Crippen molar-refractivity contribution in [1.82, 2.24) is 14.5 Å². The van der Waals surface area contributed by atoms with Gasteiger partial charge in [0.1, 0.15) is 0 Å². The number of nitrogens with one attached hydrogen (secondary N) is 1. The second-order valence-corrected chi connectivity index (χ2v) is 11.1. The number of hydrogen-bond acceptors (Lipinski definition) is 6. The van der Waals surface area contributed by atoms with Crippen molar-refractivity contribution in [3.63, 3.8) is 0 Å². The Kier molecular flexibility index (Phi) is 6.22. The molecule has 9 heteroatoms. The Hall–Kier alpha value is -3.04. The van der Waals surface area contributed by atoms with Crippen LogP contribution in [0, 0.1) is 5.92 Å². The van der Waals surface area contributed by atoms with Gasteiger partial charge in [-0.2, -0.15) is 4.31 Å². The molecule has 0 radical (unpaired) electrons. The minimum atomic E-state index is -3.57. The van der Waals surface area contributed by atoms with E-state index in [9.17, 15) is 13.2 Å². The molecule has 0 unspecified atom stereocenters. The van der Waals surface area contributed by atoms with Crippen LogP contribution in [0.15, 0.2) is 51.8 Å². The van der Waals surface area contributed by atoms with Gasteiger partial charge in [-0.25, -0.2) is 8.42 Å². The highest BCUT2D eigenvalue weighted by Gasteiger charge is 2.28. The SMILES string of the molecule is C[C@H]1CCCN(S(=O)(=O)c2ccc(C(=O)Nc3nnc(-c4ccc5c(c4)CCCC5)o3)cc2)C1. The maximum Gasteiger partial charge on any atom is 0.322 e. The number of carbonyl (C=O) groups is 1. The van der Waals surface area contributed by atoms with E-state index < -0.39 is 15.9 Å². The van der Waals surface area contributed by atoms with Crippen LogP contribution in [0.5, 0.6) is 0 Å². The Bertz CT molecular complexity index is 1300. The summed E-state index contributed by atoms with van der Waals surface area (Å²) in [7, 11) is -3.57. The monoisotopic (exact) mass is 480 g/mol. The molecular weight excluding hydrogens is 452 g/mol. The molecule has 1 N–H and O–H groups in total. The number of rotatable bonds is 5. The lowest BCUT2D eigenvalue weighted by molar-refractivity contribution is 0.102. The van der Waals surface area contributed by atoms with Crippen molar-refractivity contribution < 1.29 is 17.6 Å². The summed E-state index contributed by atoms with van der Waals surface area (Å²) in [6, 6.07) is 12.1. The summed E-state index contributed by atoms with van der Waals surface area (Å²) in [6.07, 6.45) is 6.43. The van der Waals surface area contributed by atoms with Gasteiger partial charge in [-0.15, -0.1) is 5.10 Å². The van der Waals surface area contributed by atoms with Gasteiger partial charge in [0, 0.05) is 24.2 Å². The number of aromatic nitrogens is 2. The fourth-order valence-corrected chi connectivity index (χ4v) is 6.32. The number of anilines is 1. The van der Waals surface area contributed by atoms with Gasteiger partial charge in [-0.05, 0) is 92.0 Å². The molecular formula is C25H28N4O4S. The van der Waals surface area contributed by atoms with Gasteiger partial charge in [0.05, 0.1) is 4.90 Å². The van der Waals surface area contributed by atoms with Crippen LogP contribution in [0.2, 0.25) is 0 Å². The van der Waals surface area contributed by atoms with Crippen molar-refractivity contribution in [3.05, 3.63) is 59.2 Å². The fourth-order valence-electron chi connectivity index (χ4n) is 4.72. The minimum absolute atomic E-state index is 0.00303. The predicted molar refractivity (Wildman–Crippen MR) is 128 cm³/mol. The summed E-state index contributed by atoms with van der Waals surface area (Å²) in [5.74, 6) is 0.242. The molecule has 2 aliphatic rings. The van der Waals surface area contributed by atoms with Gasteiger partial charge >= 0.3 is 6.01 Å². The van der Waals surface area contributed by atoms with Gasteiger partial charge in [0.25, 0.3) is 5.91 Å². The first-order chi connectivity index (χ1) is 16.4. The Balaban J connectivity index is 1.27. The number of aryl methyl sites for hydroxylation is 2. The van der Waals surface area contributed by atoms with Crippen LogP contribution in [0.3, 0.4) is 0 Å². The van der Waals surface area contributed by atoms with Crippen LogP contribution in [-0.4, -0.2) is 41.9 Å². The standard InChI is InChI=1S/C25H28N4O4S/c1-17-5-4-14-29(16-17)34(31,32)22-12-10-19(11-13-22)23(30)26-25-28-27-24(33-25)21-9-8-18-6-2-3-7-20(18)15-21/h8-13,15,17H,2-7,14,16H2,1H3,(H,26,28,30)/t17-/m0/s1. The number of carbonyl (C=O) groups excluding carboxylic acids is 1. The first kappa shape index (κ1) is 22.7. The van der Waals surface area contributed by atoms with E-state index in [1.54, 1.807) is 0 Å². The third-order valence-corrected chi connectivity index (χ3v) is 8.49. The highest BCUT2D eigenvalue weighted by Crippen LogP contribution is 2.28. The zero-order valence-corrected chi connectivity index (χ0v) is 20.0. The second kappa shape index (κ2) is 9.31. The molecule has 1 aliphatic heterocycles. The lowest BCUT2D eigenvalue weighted by Crippen LogP contribution is -2.39. The van der Waals surface area contributed by atoms with Crippen LogP contribution >= 0.6 is 0 Å². The molecule has 1 aromatic heterocycles. The van der Waals surface area contributed by atoms with E-state index in [0.717, 1.165) is 31.2 Å². The van der Waals surface area contributed by atoms with Crippen molar-refractivity contribution in [2.45, 2.75) is 50.3 Å². The molecule has 2 aromatic carbocycles. The van der Waals surface area contributed by atoms with Crippen molar-refractivity contribution in [3.8, 4) is 11.5 Å². The summed E-state index contributed by atoms with van der Waals surface area (Å²) in [4.78, 5) is 12.8. The van der Waals surface area contributed by atoms with Crippen molar-refractivity contribution in [1.29, 1.82) is 0 Å². The van der Waals surface area contributed by atoms with E-state index in [4.69, 9.17) is 4.42 Å². The number of amides is 1. The van der Waals surface area contributed by atoms with E-state index in [2.05, 4.69) is 34.6 Å². The summed E-state index contributed by atoms with van der Waals surface area (Å²) in [5.41, 5.74) is 3.81. The molecule has 0 bridgehead atoms. The lowest BCUT2D eigenvalue weighted by atomic mass is 9.90. The molecule has 8 nitrogen and oxygen atoms in total. The molecule has 0 spiro atoms. The molecule has 1 amide bonds. The number of sulfonamides is 1. The van der Waals surface area contributed by atoms with Crippen LogP contribution in [-0.2, 0) is 22.9 Å².